The van der Waals surface area contributed by atoms with Gasteiger partial charge < -0.3 is 15.3 Å². The van der Waals surface area contributed by atoms with Crippen LogP contribution in [0.4, 0.5) is 0 Å². The summed E-state index contributed by atoms with van der Waals surface area (Å²) in [5.41, 5.74) is 6.94. The van der Waals surface area contributed by atoms with Crippen LogP contribution >= 0.6 is 0 Å². The van der Waals surface area contributed by atoms with E-state index in [9.17, 15) is 9.90 Å². The van der Waals surface area contributed by atoms with E-state index in [0.717, 1.165) is 44.5 Å². The number of hydrogen-bond acceptors (Lipinski definition) is 3. The molecular weight excluding hydrogens is 468 g/mol. The fraction of sp³-hybridized carbons (Fsp3) is 0.500. The molecule has 2 fully saturated rings. The lowest BCUT2D eigenvalue weighted by Gasteiger charge is -2.28. The molecule has 0 atom stereocenters. The van der Waals surface area contributed by atoms with E-state index in [-0.39, 0.29) is 11.7 Å². The van der Waals surface area contributed by atoms with Crippen LogP contribution in [0.5, 0.6) is 0 Å². The number of carbonyl (C=O) groups is 1. The summed E-state index contributed by atoms with van der Waals surface area (Å²) in [5, 5.41) is 12.5. The first-order valence-corrected chi connectivity index (χ1v) is 14.2. The van der Waals surface area contributed by atoms with Gasteiger partial charge in [-0.15, -0.1) is 0 Å². The highest BCUT2D eigenvalue weighted by Gasteiger charge is 2.41. The van der Waals surface area contributed by atoms with Crippen molar-refractivity contribution >= 4 is 11.5 Å². The number of nitrogens with zero attached hydrogens (tertiary/aromatic N) is 1. The zero-order valence-electron chi connectivity index (χ0n) is 25.0. The fourth-order valence-electron chi connectivity index (χ4n) is 4.98. The second kappa shape index (κ2) is 16.8. The minimum absolute atomic E-state index is 0.0468. The van der Waals surface area contributed by atoms with E-state index in [2.05, 4.69) is 88.0 Å². The number of aliphatic hydroxyl groups excluding tert-OH is 1. The van der Waals surface area contributed by atoms with Crippen molar-refractivity contribution in [2.45, 2.75) is 86.5 Å². The second-order valence-electron chi connectivity index (χ2n) is 10.4. The van der Waals surface area contributed by atoms with Crippen LogP contribution in [-0.2, 0) is 4.79 Å². The molecule has 1 aromatic rings. The maximum Gasteiger partial charge on any atom is 0.226 e. The molecule has 0 radical (unpaired) electrons. The molecule has 0 bridgehead atoms. The van der Waals surface area contributed by atoms with Crippen molar-refractivity contribution in [2.75, 3.05) is 19.6 Å². The number of hydrogen-bond donors (Lipinski definition) is 2. The quantitative estimate of drug-likeness (QED) is 0.253. The Kier molecular flexibility index (Phi) is 14.6. The van der Waals surface area contributed by atoms with Gasteiger partial charge in [0.2, 0.25) is 5.91 Å². The Morgan fingerprint density at radius 3 is 2.08 bits per heavy atom. The van der Waals surface area contributed by atoms with Gasteiger partial charge in [-0.3, -0.25) is 4.79 Å². The van der Waals surface area contributed by atoms with E-state index in [1.54, 1.807) is 0 Å². The largest absolute Gasteiger partial charge is 0.513 e. The Morgan fingerprint density at radius 2 is 1.58 bits per heavy atom. The molecule has 1 aromatic carbocycles. The molecule has 0 spiro atoms. The van der Waals surface area contributed by atoms with E-state index in [0.29, 0.717) is 13.0 Å². The third kappa shape index (κ3) is 10.4. The van der Waals surface area contributed by atoms with Gasteiger partial charge in [0.05, 0.1) is 17.7 Å². The van der Waals surface area contributed by atoms with Crippen molar-refractivity contribution in [1.29, 1.82) is 0 Å². The molecule has 2 aliphatic rings. The Labute approximate surface area is 232 Å². The minimum Gasteiger partial charge on any atom is -0.513 e. The standard InChI is InChI=1S/C16H26N2O2.C16H20.C2H6/c1-13(18-9-5-6-10-18)12-17-15(20)16(11-14(2)19)7-3-4-8-16;1-6-12(2)11-14(4)15(5)16-9-7-13(3)8-10-16;1-2/h19H,1-12H2,(H,17,20);6-11H,1H2,2-5H3;1-2H3/b;12-11-,15-14+;. The summed E-state index contributed by atoms with van der Waals surface area (Å²) in [6.07, 6.45) is 10.6. The van der Waals surface area contributed by atoms with Crippen LogP contribution in [0.25, 0.3) is 5.57 Å². The Balaban J connectivity index is 0.000000365. The molecule has 1 saturated heterocycles. The van der Waals surface area contributed by atoms with E-state index < -0.39 is 5.41 Å². The van der Waals surface area contributed by atoms with Gasteiger partial charge >= 0.3 is 0 Å². The van der Waals surface area contributed by atoms with Crippen molar-refractivity contribution in [3.63, 3.8) is 0 Å². The average Bonchev–Trinajstić information content (AvgIpc) is 3.61. The molecule has 2 N–H and O–H groups in total. The maximum atomic E-state index is 12.5. The summed E-state index contributed by atoms with van der Waals surface area (Å²) in [7, 11) is 0. The Morgan fingerprint density at radius 1 is 1.03 bits per heavy atom. The van der Waals surface area contributed by atoms with Crippen LogP contribution < -0.4 is 5.32 Å². The van der Waals surface area contributed by atoms with Crippen molar-refractivity contribution in [3.8, 4) is 0 Å². The number of aryl methyl sites for hydroxylation is 1. The number of likely N-dealkylation sites (tertiary alicyclic amines) is 1. The van der Waals surface area contributed by atoms with Crippen molar-refractivity contribution in [1.82, 2.24) is 10.2 Å². The SMILES string of the molecule is C=C(O)CC1(C(=O)NCC(=C)N2CCCC2)CCCC1.C=C/C(C)=C\C(C)=C(/C)c1ccc(C)cc1.CC. The Hall–Kier alpha value is -3.01. The van der Waals surface area contributed by atoms with E-state index in [1.807, 2.05) is 19.9 Å². The van der Waals surface area contributed by atoms with E-state index in [4.69, 9.17) is 0 Å². The van der Waals surface area contributed by atoms with Gasteiger partial charge in [0.1, 0.15) is 0 Å². The molecule has 0 aromatic heterocycles. The molecule has 3 rings (SSSR count). The lowest BCUT2D eigenvalue weighted by molar-refractivity contribution is -0.131. The number of rotatable bonds is 9. The maximum absolute atomic E-state index is 12.5. The average molecular weight is 521 g/mol. The van der Waals surface area contributed by atoms with Crippen LogP contribution in [-0.4, -0.2) is 35.5 Å². The van der Waals surface area contributed by atoms with Crippen molar-refractivity contribution in [2.24, 2.45) is 5.41 Å². The first-order chi connectivity index (χ1) is 18.1. The van der Waals surface area contributed by atoms with Crippen molar-refractivity contribution in [3.05, 3.63) is 89.9 Å². The number of aliphatic hydroxyl groups is 1. The zero-order valence-corrected chi connectivity index (χ0v) is 25.0. The highest BCUT2D eigenvalue weighted by Crippen LogP contribution is 2.42. The molecule has 1 amide bonds. The molecule has 4 nitrogen and oxygen atoms in total. The number of amides is 1. The summed E-state index contributed by atoms with van der Waals surface area (Å²) >= 11 is 0. The summed E-state index contributed by atoms with van der Waals surface area (Å²) in [4.78, 5) is 14.7. The zero-order chi connectivity index (χ0) is 28.7. The van der Waals surface area contributed by atoms with Gasteiger partial charge in [0.15, 0.2) is 0 Å². The third-order valence-corrected chi connectivity index (χ3v) is 7.43. The number of allylic oxidation sites excluding steroid dienone is 6. The molecule has 38 heavy (non-hydrogen) atoms. The van der Waals surface area contributed by atoms with Gasteiger partial charge in [-0.2, -0.15) is 0 Å². The lowest BCUT2D eigenvalue weighted by Crippen LogP contribution is -2.41. The number of carbonyl (C=O) groups excluding carboxylic acids is 1. The lowest BCUT2D eigenvalue weighted by atomic mass is 9.81. The first-order valence-electron chi connectivity index (χ1n) is 14.2. The summed E-state index contributed by atoms with van der Waals surface area (Å²) in [6, 6.07) is 8.64. The van der Waals surface area contributed by atoms with Crippen LogP contribution in [0.3, 0.4) is 0 Å². The van der Waals surface area contributed by atoms with Gasteiger partial charge in [-0.05, 0) is 70.1 Å². The van der Waals surface area contributed by atoms with Crippen LogP contribution in [0.15, 0.2) is 78.8 Å². The molecule has 1 aliphatic carbocycles. The summed E-state index contributed by atoms with van der Waals surface area (Å²) < 4.78 is 0. The van der Waals surface area contributed by atoms with Crippen molar-refractivity contribution < 1.29 is 9.90 Å². The normalized spacial score (nSPS) is 16.8. The predicted molar refractivity (Wildman–Crippen MR) is 165 cm³/mol. The van der Waals surface area contributed by atoms with Crippen LogP contribution in [0, 0.1) is 12.3 Å². The number of nitrogens with one attached hydrogen (secondary N) is 1. The Bertz CT molecular complexity index is 986. The van der Waals surface area contributed by atoms with Gasteiger partial charge in [0, 0.05) is 25.2 Å². The van der Waals surface area contributed by atoms with Crippen LogP contribution in [0.2, 0.25) is 0 Å². The number of benzene rings is 1. The second-order valence-corrected chi connectivity index (χ2v) is 10.4. The summed E-state index contributed by atoms with van der Waals surface area (Å²) in [6.45, 7) is 26.5. The van der Waals surface area contributed by atoms with Gasteiger partial charge in [0.25, 0.3) is 0 Å². The molecule has 0 unspecified atom stereocenters. The smallest absolute Gasteiger partial charge is 0.226 e. The summed E-state index contributed by atoms with van der Waals surface area (Å²) in [5.74, 6) is 0.158. The molecule has 210 valence electrons. The van der Waals surface area contributed by atoms with E-state index >= 15 is 0 Å². The molecule has 4 heteroatoms. The highest BCUT2D eigenvalue weighted by molar-refractivity contribution is 5.83. The molecule has 1 heterocycles. The fourth-order valence-corrected chi connectivity index (χ4v) is 4.98. The van der Waals surface area contributed by atoms with Gasteiger partial charge in [-0.25, -0.2) is 0 Å². The van der Waals surface area contributed by atoms with Gasteiger partial charge in [-0.1, -0.05) is 94.0 Å². The minimum atomic E-state index is -0.447. The highest BCUT2D eigenvalue weighted by atomic mass is 16.3. The van der Waals surface area contributed by atoms with E-state index in [1.165, 1.54) is 40.7 Å². The van der Waals surface area contributed by atoms with Crippen LogP contribution in [0.1, 0.15) is 90.7 Å². The predicted octanol–water partition coefficient (Wildman–Crippen LogP) is 8.68. The molecular formula is C34H52N2O2. The monoisotopic (exact) mass is 520 g/mol. The first kappa shape index (κ1) is 33.0. The third-order valence-electron chi connectivity index (χ3n) is 7.43. The topological polar surface area (TPSA) is 52.6 Å². The molecule has 1 saturated carbocycles. The molecule has 1 aliphatic heterocycles.